The summed E-state index contributed by atoms with van der Waals surface area (Å²) in [5.41, 5.74) is 1.82. The van der Waals surface area contributed by atoms with Gasteiger partial charge in [-0.2, -0.15) is 0 Å². The van der Waals surface area contributed by atoms with Crippen molar-refractivity contribution < 1.29 is 9.18 Å². The van der Waals surface area contributed by atoms with Crippen molar-refractivity contribution in [1.82, 2.24) is 19.9 Å². The molecule has 154 valence electrons. The Morgan fingerprint density at radius 1 is 0.871 bits per heavy atom. The van der Waals surface area contributed by atoms with Crippen molar-refractivity contribution in [3.63, 3.8) is 0 Å². The monoisotopic (exact) mass is 413 g/mol. The normalized spacial score (nSPS) is 14.1. The molecular formula is C24H20FN5O. The van der Waals surface area contributed by atoms with E-state index >= 15 is 0 Å². The zero-order valence-corrected chi connectivity index (χ0v) is 16.8. The number of carbonyl (C=O) groups is 1. The Kier molecular flexibility index (Phi) is 5.00. The molecule has 6 nitrogen and oxygen atoms in total. The van der Waals surface area contributed by atoms with Crippen LogP contribution in [0.5, 0.6) is 0 Å². The molecule has 0 saturated carbocycles. The molecule has 0 unspecified atom stereocenters. The summed E-state index contributed by atoms with van der Waals surface area (Å²) in [6, 6.07) is 17.8. The molecule has 0 N–H and O–H groups in total. The van der Waals surface area contributed by atoms with Crippen LogP contribution in [0.25, 0.3) is 22.3 Å². The van der Waals surface area contributed by atoms with Crippen molar-refractivity contribution in [1.29, 1.82) is 0 Å². The Labute approximate surface area is 179 Å². The number of fused-ring (bicyclic) bond motifs is 1. The Hall–Kier alpha value is -3.87. The van der Waals surface area contributed by atoms with Crippen LogP contribution in [0.2, 0.25) is 0 Å². The average Bonchev–Trinajstić information content (AvgIpc) is 2.84. The number of para-hydroxylation sites is 1. The number of anilines is 1. The summed E-state index contributed by atoms with van der Waals surface area (Å²) in [6.45, 7) is 2.20. The molecule has 4 aromatic rings. The predicted molar refractivity (Wildman–Crippen MR) is 117 cm³/mol. The first-order chi connectivity index (χ1) is 15.2. The molecule has 31 heavy (non-hydrogen) atoms. The molecule has 1 amide bonds. The lowest BCUT2D eigenvalue weighted by atomic mass is 10.1. The molecule has 0 radical (unpaired) electrons. The minimum Gasteiger partial charge on any atom is -0.352 e. The van der Waals surface area contributed by atoms with E-state index < -0.39 is 5.82 Å². The molecule has 7 heteroatoms. The van der Waals surface area contributed by atoms with E-state index in [1.165, 1.54) is 12.1 Å². The van der Waals surface area contributed by atoms with E-state index in [1.807, 2.05) is 36.4 Å². The maximum atomic E-state index is 14.0. The summed E-state index contributed by atoms with van der Waals surface area (Å²) in [5.74, 6) is 0.688. The van der Waals surface area contributed by atoms with Gasteiger partial charge in [0.25, 0.3) is 5.91 Å². The van der Waals surface area contributed by atoms with Crippen LogP contribution in [0.3, 0.4) is 0 Å². The highest BCUT2D eigenvalue weighted by Gasteiger charge is 2.26. The van der Waals surface area contributed by atoms with E-state index in [4.69, 9.17) is 9.97 Å². The number of aromatic nitrogens is 3. The van der Waals surface area contributed by atoms with Crippen LogP contribution in [0.1, 0.15) is 10.4 Å². The van der Waals surface area contributed by atoms with E-state index in [0.29, 0.717) is 32.0 Å². The Morgan fingerprint density at radius 3 is 2.42 bits per heavy atom. The molecule has 2 aromatic heterocycles. The van der Waals surface area contributed by atoms with Gasteiger partial charge in [-0.1, -0.05) is 24.3 Å². The molecule has 5 rings (SSSR count). The molecule has 1 saturated heterocycles. The fourth-order valence-electron chi connectivity index (χ4n) is 3.85. The van der Waals surface area contributed by atoms with Gasteiger partial charge in [-0.15, -0.1) is 0 Å². The van der Waals surface area contributed by atoms with E-state index in [9.17, 15) is 9.18 Å². The third kappa shape index (κ3) is 3.70. The van der Waals surface area contributed by atoms with Gasteiger partial charge in [0.15, 0.2) is 5.82 Å². The van der Waals surface area contributed by atoms with Crippen LogP contribution < -0.4 is 4.90 Å². The number of carbonyl (C=O) groups excluding carboxylic acids is 1. The smallest absolute Gasteiger partial charge is 0.256 e. The standard InChI is InChI=1S/C24H20FN5O/c25-20-9-3-1-7-18(20)24(31)30-14-12-29(13-15-30)23-19-8-2-4-10-21(19)27-22(28-23)17-6-5-11-26-16-17/h1-11,16H,12-15H2. The fourth-order valence-corrected chi connectivity index (χ4v) is 3.85. The first-order valence-electron chi connectivity index (χ1n) is 10.2. The summed E-state index contributed by atoms with van der Waals surface area (Å²) in [4.78, 5) is 30.3. The minimum absolute atomic E-state index is 0.113. The van der Waals surface area contributed by atoms with Crippen molar-refractivity contribution in [2.75, 3.05) is 31.1 Å². The lowest BCUT2D eigenvalue weighted by molar-refractivity contribution is 0.0742. The highest BCUT2D eigenvalue weighted by molar-refractivity contribution is 5.95. The number of amides is 1. The molecule has 1 aliphatic heterocycles. The van der Waals surface area contributed by atoms with Gasteiger partial charge in [0.2, 0.25) is 0 Å². The third-order valence-corrected chi connectivity index (χ3v) is 5.47. The molecule has 0 aliphatic carbocycles. The number of hydrogen-bond acceptors (Lipinski definition) is 5. The quantitative estimate of drug-likeness (QED) is 0.511. The van der Waals surface area contributed by atoms with Gasteiger partial charge in [-0.05, 0) is 36.4 Å². The predicted octanol–water partition coefficient (Wildman–Crippen LogP) is 3.79. The largest absolute Gasteiger partial charge is 0.352 e. The Morgan fingerprint density at radius 2 is 1.65 bits per heavy atom. The highest BCUT2D eigenvalue weighted by atomic mass is 19.1. The van der Waals surface area contributed by atoms with Gasteiger partial charge in [0.05, 0.1) is 11.1 Å². The number of rotatable bonds is 3. The maximum absolute atomic E-state index is 14.0. The van der Waals surface area contributed by atoms with E-state index in [1.54, 1.807) is 29.4 Å². The van der Waals surface area contributed by atoms with Gasteiger partial charge in [-0.3, -0.25) is 9.78 Å². The maximum Gasteiger partial charge on any atom is 0.256 e. The summed E-state index contributed by atoms with van der Waals surface area (Å²) in [7, 11) is 0. The number of halogens is 1. The zero-order chi connectivity index (χ0) is 21.2. The number of piperazine rings is 1. The first kappa shape index (κ1) is 19.1. The van der Waals surface area contributed by atoms with Gasteiger partial charge in [0.1, 0.15) is 11.6 Å². The number of pyridine rings is 1. The molecule has 1 fully saturated rings. The average molecular weight is 413 g/mol. The minimum atomic E-state index is -0.488. The zero-order valence-electron chi connectivity index (χ0n) is 16.8. The van der Waals surface area contributed by atoms with E-state index in [-0.39, 0.29) is 11.5 Å². The first-order valence-corrected chi connectivity index (χ1v) is 10.2. The second-order valence-corrected chi connectivity index (χ2v) is 7.39. The summed E-state index contributed by atoms with van der Waals surface area (Å²) in [5, 5.41) is 0.962. The SMILES string of the molecule is O=C(c1ccccc1F)N1CCN(c2nc(-c3cccnc3)nc3ccccc23)CC1. The van der Waals surface area contributed by atoms with Crippen molar-refractivity contribution in [2.45, 2.75) is 0 Å². The topological polar surface area (TPSA) is 62.2 Å². The van der Waals surface area contributed by atoms with Crippen molar-refractivity contribution in [2.24, 2.45) is 0 Å². The van der Waals surface area contributed by atoms with Gasteiger partial charge in [0, 0.05) is 49.5 Å². The molecule has 0 bridgehead atoms. The summed E-state index contributed by atoms with van der Waals surface area (Å²) < 4.78 is 14.0. The molecular weight excluding hydrogens is 393 g/mol. The Bertz CT molecular complexity index is 1240. The van der Waals surface area contributed by atoms with Crippen LogP contribution in [0.4, 0.5) is 10.2 Å². The van der Waals surface area contributed by atoms with Crippen LogP contribution >= 0.6 is 0 Å². The van der Waals surface area contributed by atoms with E-state index in [2.05, 4.69) is 9.88 Å². The van der Waals surface area contributed by atoms with Crippen LogP contribution in [-0.4, -0.2) is 51.9 Å². The van der Waals surface area contributed by atoms with Gasteiger partial charge < -0.3 is 9.80 Å². The summed E-state index contributed by atoms with van der Waals surface area (Å²) >= 11 is 0. The number of nitrogens with zero attached hydrogens (tertiary/aromatic N) is 5. The van der Waals surface area contributed by atoms with Crippen molar-refractivity contribution in [3.05, 3.63) is 84.4 Å². The van der Waals surface area contributed by atoms with E-state index in [0.717, 1.165) is 22.3 Å². The van der Waals surface area contributed by atoms with Crippen LogP contribution in [0, 0.1) is 5.82 Å². The molecule has 0 spiro atoms. The number of hydrogen-bond donors (Lipinski definition) is 0. The molecule has 0 atom stereocenters. The van der Waals surface area contributed by atoms with Crippen molar-refractivity contribution >= 4 is 22.6 Å². The second kappa shape index (κ2) is 8.10. The highest BCUT2D eigenvalue weighted by Crippen LogP contribution is 2.28. The lowest BCUT2D eigenvalue weighted by Crippen LogP contribution is -2.49. The molecule has 3 heterocycles. The summed E-state index contributed by atoms with van der Waals surface area (Å²) in [6.07, 6.45) is 3.47. The molecule has 2 aromatic carbocycles. The van der Waals surface area contributed by atoms with Gasteiger partial charge >= 0.3 is 0 Å². The molecule has 1 aliphatic rings. The lowest BCUT2D eigenvalue weighted by Gasteiger charge is -2.36. The Balaban J connectivity index is 1.43. The number of benzene rings is 2. The third-order valence-electron chi connectivity index (χ3n) is 5.47. The second-order valence-electron chi connectivity index (χ2n) is 7.39. The van der Waals surface area contributed by atoms with Crippen LogP contribution in [0.15, 0.2) is 73.1 Å². The van der Waals surface area contributed by atoms with Crippen LogP contribution in [-0.2, 0) is 0 Å². The fraction of sp³-hybridized carbons (Fsp3) is 0.167. The van der Waals surface area contributed by atoms with Gasteiger partial charge in [-0.25, -0.2) is 14.4 Å². The van der Waals surface area contributed by atoms with Crippen molar-refractivity contribution in [3.8, 4) is 11.4 Å².